The summed E-state index contributed by atoms with van der Waals surface area (Å²) in [6.45, 7) is 4.74. The van der Waals surface area contributed by atoms with Crippen molar-refractivity contribution in [3.63, 3.8) is 0 Å². The standard InChI is InChI=1S/C46H32N2/c1-45(2)38-21-8-10-23-40(38)46(41-24-11-9-22-39(41)45)36-20-7-5-17-32(36)35-28-30(26-27-37(35)46)44-47-42-25-12-6-18-34(42)43(48-44)33-19-13-15-29-14-3-4-16-31(29)33/h3-28H,1-2H3. The molecule has 0 atom stereocenters. The van der Waals surface area contributed by atoms with Gasteiger partial charge >= 0.3 is 0 Å². The van der Waals surface area contributed by atoms with Gasteiger partial charge in [-0.2, -0.15) is 0 Å². The van der Waals surface area contributed by atoms with Crippen LogP contribution in [0, 0.1) is 0 Å². The summed E-state index contributed by atoms with van der Waals surface area (Å²) >= 11 is 0. The van der Waals surface area contributed by atoms with Crippen LogP contribution in [0.2, 0.25) is 0 Å². The lowest BCUT2D eigenvalue weighted by atomic mass is 9.55. The number of para-hydroxylation sites is 1. The van der Waals surface area contributed by atoms with Gasteiger partial charge in [0.15, 0.2) is 5.82 Å². The van der Waals surface area contributed by atoms with E-state index in [1.807, 2.05) is 0 Å². The van der Waals surface area contributed by atoms with E-state index >= 15 is 0 Å². The Balaban J connectivity index is 1.25. The van der Waals surface area contributed by atoms with Crippen molar-refractivity contribution in [2.45, 2.75) is 24.7 Å². The van der Waals surface area contributed by atoms with E-state index in [0.29, 0.717) is 0 Å². The smallest absolute Gasteiger partial charge is 0.160 e. The van der Waals surface area contributed by atoms with Crippen LogP contribution in [0.4, 0.5) is 0 Å². The lowest BCUT2D eigenvalue weighted by molar-refractivity contribution is 0.563. The summed E-state index contributed by atoms with van der Waals surface area (Å²) in [6, 6.07) is 57.5. The summed E-state index contributed by atoms with van der Waals surface area (Å²) in [6.07, 6.45) is 0. The normalized spacial score (nSPS) is 14.8. The van der Waals surface area contributed by atoms with Crippen LogP contribution in [-0.4, -0.2) is 9.97 Å². The van der Waals surface area contributed by atoms with Gasteiger partial charge in [0, 0.05) is 21.9 Å². The molecule has 2 nitrogen and oxygen atoms in total. The van der Waals surface area contributed by atoms with Gasteiger partial charge in [-0.1, -0.05) is 159 Å². The van der Waals surface area contributed by atoms with Crippen molar-refractivity contribution in [1.29, 1.82) is 0 Å². The zero-order valence-electron chi connectivity index (χ0n) is 26.9. The molecule has 1 spiro atoms. The molecule has 0 unspecified atom stereocenters. The third-order valence-electron chi connectivity index (χ3n) is 11.0. The summed E-state index contributed by atoms with van der Waals surface area (Å²) in [5.41, 5.74) is 14.2. The molecule has 0 amide bonds. The molecule has 2 aliphatic rings. The number of rotatable bonds is 2. The predicted molar refractivity (Wildman–Crippen MR) is 197 cm³/mol. The van der Waals surface area contributed by atoms with Crippen LogP contribution < -0.4 is 0 Å². The molecule has 48 heavy (non-hydrogen) atoms. The fourth-order valence-corrected chi connectivity index (χ4v) is 8.85. The van der Waals surface area contributed by atoms with Gasteiger partial charge in [0.05, 0.1) is 16.6 Å². The van der Waals surface area contributed by atoms with E-state index in [1.165, 1.54) is 55.3 Å². The van der Waals surface area contributed by atoms with E-state index < -0.39 is 5.41 Å². The van der Waals surface area contributed by atoms with E-state index in [1.54, 1.807) is 0 Å². The fraction of sp³-hybridized carbons (Fsp3) is 0.0870. The highest BCUT2D eigenvalue weighted by molar-refractivity contribution is 6.03. The van der Waals surface area contributed by atoms with Crippen molar-refractivity contribution in [3.8, 4) is 33.8 Å². The number of nitrogens with zero attached hydrogens (tertiary/aromatic N) is 2. The molecule has 0 aliphatic heterocycles. The molecule has 0 saturated heterocycles. The number of hydrogen-bond acceptors (Lipinski definition) is 2. The van der Waals surface area contributed by atoms with E-state index in [4.69, 9.17) is 9.97 Å². The molecule has 226 valence electrons. The van der Waals surface area contributed by atoms with Gasteiger partial charge < -0.3 is 0 Å². The molecule has 1 aromatic heterocycles. The number of hydrogen-bond donors (Lipinski definition) is 0. The van der Waals surface area contributed by atoms with Gasteiger partial charge in [-0.05, 0) is 67.4 Å². The van der Waals surface area contributed by atoms with E-state index in [0.717, 1.165) is 33.5 Å². The molecule has 0 saturated carbocycles. The van der Waals surface area contributed by atoms with Crippen molar-refractivity contribution in [2.24, 2.45) is 0 Å². The molecule has 1 heterocycles. The highest BCUT2D eigenvalue weighted by Gasteiger charge is 2.53. The highest BCUT2D eigenvalue weighted by atomic mass is 14.9. The van der Waals surface area contributed by atoms with Crippen LogP contribution >= 0.6 is 0 Å². The van der Waals surface area contributed by atoms with Gasteiger partial charge in [0.25, 0.3) is 0 Å². The minimum atomic E-state index is -0.411. The van der Waals surface area contributed by atoms with Crippen LogP contribution in [-0.2, 0) is 10.8 Å². The Morgan fingerprint density at radius 1 is 0.417 bits per heavy atom. The SMILES string of the molecule is CC1(C)c2ccccc2C2(c3ccccc3-c3cc(-c4nc(-c5cccc6ccccc56)c5ccccc5n4)ccc32)c2ccccc21. The first-order chi connectivity index (χ1) is 23.6. The Labute approximate surface area is 280 Å². The van der Waals surface area contributed by atoms with Crippen molar-refractivity contribution >= 4 is 21.7 Å². The maximum absolute atomic E-state index is 5.36. The Kier molecular flexibility index (Phi) is 5.58. The summed E-state index contributed by atoms with van der Waals surface area (Å²) in [7, 11) is 0. The van der Waals surface area contributed by atoms with Gasteiger partial charge in [0.2, 0.25) is 0 Å². The number of benzene rings is 7. The van der Waals surface area contributed by atoms with Crippen LogP contribution in [0.5, 0.6) is 0 Å². The quantitative estimate of drug-likeness (QED) is 0.194. The third-order valence-corrected chi connectivity index (χ3v) is 11.0. The van der Waals surface area contributed by atoms with Crippen molar-refractivity contribution in [3.05, 3.63) is 191 Å². The molecule has 7 aromatic carbocycles. The molecule has 2 aliphatic carbocycles. The summed E-state index contributed by atoms with van der Waals surface area (Å²) < 4.78 is 0. The molecule has 0 bridgehead atoms. The van der Waals surface area contributed by atoms with Gasteiger partial charge in [-0.3, -0.25) is 0 Å². The molecule has 0 radical (unpaired) electrons. The molecular formula is C46H32N2. The lowest BCUT2D eigenvalue weighted by Gasteiger charge is -2.46. The largest absolute Gasteiger partial charge is 0.228 e. The maximum atomic E-state index is 5.36. The number of fused-ring (bicyclic) bond motifs is 11. The first-order valence-electron chi connectivity index (χ1n) is 16.8. The molecule has 8 aromatic rings. The maximum Gasteiger partial charge on any atom is 0.160 e. The van der Waals surface area contributed by atoms with E-state index in [-0.39, 0.29) is 5.41 Å². The number of aromatic nitrogens is 2. The van der Waals surface area contributed by atoms with E-state index in [2.05, 4.69) is 172 Å². The Bertz CT molecular complexity index is 2560. The Morgan fingerprint density at radius 2 is 0.979 bits per heavy atom. The average molecular weight is 613 g/mol. The van der Waals surface area contributed by atoms with Gasteiger partial charge in [0.1, 0.15) is 0 Å². The van der Waals surface area contributed by atoms with Crippen molar-refractivity contribution in [1.82, 2.24) is 9.97 Å². The van der Waals surface area contributed by atoms with Crippen LogP contribution in [0.3, 0.4) is 0 Å². The van der Waals surface area contributed by atoms with Gasteiger partial charge in [-0.25, -0.2) is 9.97 Å². The van der Waals surface area contributed by atoms with E-state index in [9.17, 15) is 0 Å². The Hall–Kier alpha value is -5.86. The van der Waals surface area contributed by atoms with Gasteiger partial charge in [-0.15, -0.1) is 0 Å². The monoisotopic (exact) mass is 612 g/mol. The van der Waals surface area contributed by atoms with Crippen LogP contribution in [0.15, 0.2) is 158 Å². The molecule has 0 fully saturated rings. The Morgan fingerprint density at radius 3 is 1.75 bits per heavy atom. The molecule has 10 rings (SSSR count). The molecule has 2 heteroatoms. The zero-order chi connectivity index (χ0) is 32.0. The summed E-state index contributed by atoms with van der Waals surface area (Å²) in [5, 5.41) is 3.45. The van der Waals surface area contributed by atoms with Crippen molar-refractivity contribution in [2.75, 3.05) is 0 Å². The second-order valence-corrected chi connectivity index (χ2v) is 13.7. The molecular weight excluding hydrogens is 581 g/mol. The van der Waals surface area contributed by atoms with Crippen molar-refractivity contribution < 1.29 is 0 Å². The van der Waals surface area contributed by atoms with Crippen LogP contribution in [0.25, 0.3) is 55.4 Å². The second kappa shape index (κ2) is 9.82. The fourth-order valence-electron chi connectivity index (χ4n) is 8.85. The first kappa shape index (κ1) is 27.3. The first-order valence-corrected chi connectivity index (χ1v) is 16.8. The van der Waals surface area contributed by atoms with Crippen LogP contribution in [0.1, 0.15) is 47.2 Å². The topological polar surface area (TPSA) is 25.8 Å². The second-order valence-electron chi connectivity index (χ2n) is 13.7. The minimum absolute atomic E-state index is 0.118. The predicted octanol–water partition coefficient (Wildman–Crippen LogP) is 11.1. The summed E-state index contributed by atoms with van der Waals surface area (Å²) in [5.74, 6) is 0.739. The molecule has 0 N–H and O–H groups in total. The zero-order valence-corrected chi connectivity index (χ0v) is 26.9. The minimum Gasteiger partial charge on any atom is -0.228 e. The lowest BCUT2D eigenvalue weighted by Crippen LogP contribution is -2.40. The summed E-state index contributed by atoms with van der Waals surface area (Å²) in [4.78, 5) is 10.5. The highest BCUT2D eigenvalue weighted by Crippen LogP contribution is 2.62. The third kappa shape index (κ3) is 3.52. The average Bonchev–Trinajstić information content (AvgIpc) is 3.44.